The van der Waals surface area contributed by atoms with Gasteiger partial charge in [-0.25, -0.2) is 9.59 Å². The Bertz CT molecular complexity index is 579. The number of aliphatic carboxylic acids is 1. The molecule has 5 nitrogen and oxygen atoms in total. The number of carboxylic acids is 1. The minimum absolute atomic E-state index is 0.114. The van der Waals surface area contributed by atoms with Crippen molar-refractivity contribution in [1.82, 2.24) is 4.90 Å². The van der Waals surface area contributed by atoms with Crippen LogP contribution in [0.1, 0.15) is 32.3 Å². The van der Waals surface area contributed by atoms with Crippen molar-refractivity contribution in [2.75, 3.05) is 11.9 Å². The first kappa shape index (κ1) is 15.1. The van der Waals surface area contributed by atoms with E-state index in [2.05, 4.69) is 19.2 Å². The van der Waals surface area contributed by atoms with E-state index in [1.807, 2.05) is 4.90 Å². The minimum atomic E-state index is -0.997. The quantitative estimate of drug-likeness (QED) is 0.839. The van der Waals surface area contributed by atoms with E-state index >= 15 is 0 Å². The molecule has 1 aliphatic rings. The van der Waals surface area contributed by atoms with Crippen LogP contribution in [0, 0.1) is 0 Å². The van der Waals surface area contributed by atoms with Crippen LogP contribution in [0.25, 0.3) is 6.08 Å². The molecule has 1 fully saturated rings. The molecule has 1 aromatic carbocycles. The lowest BCUT2D eigenvalue weighted by Gasteiger charge is -2.31. The van der Waals surface area contributed by atoms with Gasteiger partial charge in [0, 0.05) is 23.8 Å². The number of anilines is 1. The molecule has 0 atom stereocenters. The van der Waals surface area contributed by atoms with Crippen molar-refractivity contribution in [3.05, 3.63) is 35.9 Å². The lowest BCUT2D eigenvalue weighted by molar-refractivity contribution is -0.131. The largest absolute Gasteiger partial charge is 0.478 e. The van der Waals surface area contributed by atoms with Gasteiger partial charge in [0.05, 0.1) is 0 Å². The number of carboxylic acid groups (broad SMARTS) is 1. The van der Waals surface area contributed by atoms with Crippen LogP contribution in [0.4, 0.5) is 10.5 Å². The Morgan fingerprint density at radius 2 is 2.14 bits per heavy atom. The van der Waals surface area contributed by atoms with Crippen LogP contribution in [-0.4, -0.2) is 34.1 Å². The summed E-state index contributed by atoms with van der Waals surface area (Å²) >= 11 is 0. The average Bonchev–Trinajstić information content (AvgIpc) is 2.76. The molecule has 2 amide bonds. The third-order valence-corrected chi connectivity index (χ3v) is 3.70. The standard InChI is InChI=1S/C16H20N2O3/c1-16(2)9-4-10-18(16)15(21)17-13-6-3-5-12(11-13)7-8-14(19)20/h3,5-8,11H,4,9-10H2,1-2H3,(H,17,21)(H,19,20)/b8-7+. The van der Waals surface area contributed by atoms with Crippen LogP contribution in [0.15, 0.2) is 30.3 Å². The number of likely N-dealkylation sites (tertiary alicyclic amines) is 1. The highest BCUT2D eigenvalue weighted by Gasteiger charge is 2.35. The first-order chi connectivity index (χ1) is 9.88. The first-order valence-electron chi connectivity index (χ1n) is 6.98. The monoisotopic (exact) mass is 288 g/mol. The summed E-state index contributed by atoms with van der Waals surface area (Å²) in [5, 5.41) is 11.5. The summed E-state index contributed by atoms with van der Waals surface area (Å²) in [6.45, 7) is 4.88. The lowest BCUT2D eigenvalue weighted by Crippen LogP contribution is -2.44. The molecular formula is C16H20N2O3. The van der Waals surface area contributed by atoms with Gasteiger partial charge in [0.2, 0.25) is 0 Å². The third kappa shape index (κ3) is 3.84. The zero-order chi connectivity index (χ0) is 15.5. The molecule has 21 heavy (non-hydrogen) atoms. The van der Waals surface area contributed by atoms with Gasteiger partial charge in [-0.1, -0.05) is 12.1 Å². The van der Waals surface area contributed by atoms with E-state index in [-0.39, 0.29) is 11.6 Å². The first-order valence-corrected chi connectivity index (χ1v) is 6.98. The molecule has 1 heterocycles. The molecule has 0 saturated carbocycles. The Kier molecular flexibility index (Phi) is 4.31. The van der Waals surface area contributed by atoms with E-state index in [0.29, 0.717) is 5.69 Å². The van der Waals surface area contributed by atoms with E-state index in [1.165, 1.54) is 6.08 Å². The molecule has 112 valence electrons. The van der Waals surface area contributed by atoms with Gasteiger partial charge in [0.1, 0.15) is 0 Å². The number of rotatable bonds is 3. The molecule has 1 saturated heterocycles. The number of hydrogen-bond acceptors (Lipinski definition) is 2. The van der Waals surface area contributed by atoms with Crippen molar-refractivity contribution in [3.63, 3.8) is 0 Å². The zero-order valence-corrected chi connectivity index (χ0v) is 12.3. The fourth-order valence-electron chi connectivity index (χ4n) is 2.56. The number of carbonyl (C=O) groups is 2. The maximum atomic E-state index is 12.3. The summed E-state index contributed by atoms with van der Waals surface area (Å²) in [7, 11) is 0. The number of benzene rings is 1. The predicted molar refractivity (Wildman–Crippen MR) is 82.1 cm³/mol. The summed E-state index contributed by atoms with van der Waals surface area (Å²) in [5.41, 5.74) is 1.27. The molecule has 2 N–H and O–H groups in total. The number of urea groups is 1. The van der Waals surface area contributed by atoms with Gasteiger partial charge in [-0.3, -0.25) is 0 Å². The SMILES string of the molecule is CC1(C)CCCN1C(=O)Nc1cccc(/C=C/C(=O)O)c1. The van der Waals surface area contributed by atoms with Crippen LogP contribution in [0.5, 0.6) is 0 Å². The van der Waals surface area contributed by atoms with Crippen molar-refractivity contribution in [2.24, 2.45) is 0 Å². The second-order valence-electron chi connectivity index (χ2n) is 5.79. The van der Waals surface area contributed by atoms with E-state index in [9.17, 15) is 9.59 Å². The van der Waals surface area contributed by atoms with Crippen molar-refractivity contribution in [2.45, 2.75) is 32.2 Å². The van der Waals surface area contributed by atoms with Gasteiger partial charge in [-0.05, 0) is 50.5 Å². The number of hydrogen-bond donors (Lipinski definition) is 2. The number of amides is 2. The van der Waals surface area contributed by atoms with Crippen LogP contribution in [-0.2, 0) is 4.79 Å². The molecular weight excluding hydrogens is 268 g/mol. The molecule has 0 aliphatic carbocycles. The number of nitrogens with zero attached hydrogens (tertiary/aromatic N) is 1. The fourth-order valence-corrected chi connectivity index (χ4v) is 2.56. The van der Waals surface area contributed by atoms with Gasteiger partial charge >= 0.3 is 12.0 Å². The Morgan fingerprint density at radius 1 is 1.38 bits per heavy atom. The summed E-state index contributed by atoms with van der Waals surface area (Å²) in [6.07, 6.45) is 4.59. The predicted octanol–water partition coefficient (Wildman–Crippen LogP) is 3.19. The fraction of sp³-hybridized carbons (Fsp3) is 0.375. The molecule has 0 spiro atoms. The second kappa shape index (κ2) is 5.99. The Labute approximate surface area is 124 Å². The van der Waals surface area contributed by atoms with Gasteiger partial charge in [0.25, 0.3) is 0 Å². The van der Waals surface area contributed by atoms with Crippen LogP contribution in [0.3, 0.4) is 0 Å². The van der Waals surface area contributed by atoms with E-state index in [1.54, 1.807) is 24.3 Å². The van der Waals surface area contributed by atoms with Crippen molar-refractivity contribution < 1.29 is 14.7 Å². The molecule has 1 aliphatic heterocycles. The molecule has 0 radical (unpaired) electrons. The minimum Gasteiger partial charge on any atom is -0.478 e. The van der Waals surface area contributed by atoms with E-state index in [4.69, 9.17) is 5.11 Å². The van der Waals surface area contributed by atoms with Gasteiger partial charge in [0.15, 0.2) is 0 Å². The summed E-state index contributed by atoms with van der Waals surface area (Å²) in [5.74, 6) is -0.997. The maximum absolute atomic E-state index is 12.3. The van der Waals surface area contributed by atoms with Gasteiger partial charge < -0.3 is 15.3 Å². The molecule has 5 heteroatoms. The molecule has 0 aromatic heterocycles. The van der Waals surface area contributed by atoms with Gasteiger partial charge in [-0.15, -0.1) is 0 Å². The normalized spacial score (nSPS) is 17.1. The van der Waals surface area contributed by atoms with Crippen LogP contribution < -0.4 is 5.32 Å². The lowest BCUT2D eigenvalue weighted by atomic mass is 10.0. The number of carbonyl (C=O) groups excluding carboxylic acids is 1. The van der Waals surface area contributed by atoms with E-state index < -0.39 is 5.97 Å². The van der Waals surface area contributed by atoms with Crippen LogP contribution in [0.2, 0.25) is 0 Å². The number of nitrogens with one attached hydrogen (secondary N) is 1. The topological polar surface area (TPSA) is 69.6 Å². The molecule has 2 rings (SSSR count). The zero-order valence-electron chi connectivity index (χ0n) is 12.3. The third-order valence-electron chi connectivity index (χ3n) is 3.70. The summed E-state index contributed by atoms with van der Waals surface area (Å²) in [6, 6.07) is 7.00. The smallest absolute Gasteiger partial charge is 0.328 e. The molecule has 0 unspecified atom stereocenters. The highest BCUT2D eigenvalue weighted by molar-refractivity contribution is 5.91. The highest BCUT2D eigenvalue weighted by Crippen LogP contribution is 2.28. The van der Waals surface area contributed by atoms with Crippen molar-refractivity contribution >= 4 is 23.8 Å². The van der Waals surface area contributed by atoms with Gasteiger partial charge in [-0.2, -0.15) is 0 Å². The summed E-state index contributed by atoms with van der Waals surface area (Å²) < 4.78 is 0. The Morgan fingerprint density at radius 3 is 2.76 bits per heavy atom. The van der Waals surface area contributed by atoms with E-state index in [0.717, 1.165) is 31.0 Å². The highest BCUT2D eigenvalue weighted by atomic mass is 16.4. The molecule has 0 bridgehead atoms. The Balaban J connectivity index is 2.08. The van der Waals surface area contributed by atoms with Crippen LogP contribution >= 0.6 is 0 Å². The maximum Gasteiger partial charge on any atom is 0.328 e. The summed E-state index contributed by atoms with van der Waals surface area (Å²) in [4.78, 5) is 24.7. The average molecular weight is 288 g/mol. The van der Waals surface area contributed by atoms with Crippen molar-refractivity contribution in [1.29, 1.82) is 0 Å². The van der Waals surface area contributed by atoms with Crippen molar-refractivity contribution in [3.8, 4) is 0 Å². The second-order valence-corrected chi connectivity index (χ2v) is 5.79. The molecule has 1 aromatic rings. The Hall–Kier alpha value is -2.30.